The van der Waals surface area contributed by atoms with Gasteiger partial charge in [0, 0.05) is 23.8 Å². The Morgan fingerprint density at radius 2 is 1.96 bits per heavy atom. The van der Waals surface area contributed by atoms with Crippen molar-refractivity contribution in [3.63, 3.8) is 0 Å². The van der Waals surface area contributed by atoms with E-state index in [1.165, 1.54) is 0 Å². The lowest BCUT2D eigenvalue weighted by atomic mass is 10.2. The third kappa shape index (κ3) is 5.33. The van der Waals surface area contributed by atoms with Gasteiger partial charge in [-0.1, -0.05) is 0 Å². The van der Waals surface area contributed by atoms with Gasteiger partial charge in [-0.25, -0.2) is 4.98 Å². The Morgan fingerprint density at radius 1 is 1.26 bits per heavy atom. The van der Waals surface area contributed by atoms with Crippen LogP contribution < -0.4 is 19.7 Å². The molecule has 1 aromatic heterocycles. The van der Waals surface area contributed by atoms with Crippen molar-refractivity contribution in [2.45, 2.75) is 0 Å². The van der Waals surface area contributed by atoms with E-state index >= 15 is 0 Å². The molecule has 1 aliphatic rings. The number of carbonyl (C=O) groups is 1. The molecule has 1 fully saturated rings. The van der Waals surface area contributed by atoms with Gasteiger partial charge in [-0.3, -0.25) is 4.79 Å². The molecule has 2 aromatic rings. The van der Waals surface area contributed by atoms with Crippen LogP contribution in [0.15, 0.2) is 41.0 Å². The summed E-state index contributed by atoms with van der Waals surface area (Å²) in [5.74, 6) is 2.00. The van der Waals surface area contributed by atoms with Crippen molar-refractivity contribution < 1.29 is 19.0 Å². The molecule has 7 nitrogen and oxygen atoms in total. The quantitative estimate of drug-likeness (QED) is 0.673. The fourth-order valence-electron chi connectivity index (χ4n) is 2.73. The maximum absolute atomic E-state index is 12.7. The van der Waals surface area contributed by atoms with Gasteiger partial charge in [-0.2, -0.15) is 0 Å². The standard InChI is InChI=1S/C19H22BrN3O4/c1-25-15-2-4-16(5-3-15)27-9-6-21-19(24)17-12-14(20)13-22-18(17)23-7-10-26-11-8-23/h2-5,12-13H,6-11H2,1H3,(H,21,24). The fraction of sp³-hybridized carbons (Fsp3) is 0.368. The largest absolute Gasteiger partial charge is 0.497 e. The summed E-state index contributed by atoms with van der Waals surface area (Å²) in [7, 11) is 1.62. The third-order valence-electron chi connectivity index (χ3n) is 4.10. The highest BCUT2D eigenvalue weighted by molar-refractivity contribution is 9.10. The maximum Gasteiger partial charge on any atom is 0.255 e. The molecule has 0 radical (unpaired) electrons. The number of ether oxygens (including phenoxy) is 3. The predicted molar refractivity (Wildman–Crippen MR) is 106 cm³/mol. The van der Waals surface area contributed by atoms with E-state index in [-0.39, 0.29) is 5.91 Å². The fourth-order valence-corrected chi connectivity index (χ4v) is 3.06. The van der Waals surface area contributed by atoms with E-state index in [0.717, 1.165) is 29.1 Å². The summed E-state index contributed by atoms with van der Waals surface area (Å²) in [6.45, 7) is 3.46. The molecule has 0 unspecified atom stereocenters. The second-order valence-corrected chi connectivity index (χ2v) is 6.82. The van der Waals surface area contributed by atoms with Crippen LogP contribution in [-0.2, 0) is 4.74 Å². The predicted octanol–water partition coefficient (Wildman–Crippen LogP) is 2.50. The number of amides is 1. The molecular weight excluding hydrogens is 414 g/mol. The average Bonchev–Trinajstić information content (AvgIpc) is 2.72. The van der Waals surface area contributed by atoms with Crippen LogP contribution >= 0.6 is 15.9 Å². The molecule has 27 heavy (non-hydrogen) atoms. The SMILES string of the molecule is COc1ccc(OCCNC(=O)c2cc(Br)cnc2N2CCOCC2)cc1. The van der Waals surface area contributed by atoms with Gasteiger partial charge >= 0.3 is 0 Å². The maximum atomic E-state index is 12.7. The molecule has 1 N–H and O–H groups in total. The van der Waals surface area contributed by atoms with E-state index in [2.05, 4.69) is 31.1 Å². The van der Waals surface area contributed by atoms with E-state index in [0.29, 0.717) is 37.7 Å². The minimum atomic E-state index is -0.177. The summed E-state index contributed by atoms with van der Waals surface area (Å²) in [6, 6.07) is 9.10. The molecule has 3 rings (SSSR count). The zero-order chi connectivity index (χ0) is 19.1. The number of pyridine rings is 1. The van der Waals surface area contributed by atoms with Crippen molar-refractivity contribution in [1.82, 2.24) is 10.3 Å². The minimum Gasteiger partial charge on any atom is -0.497 e. The summed E-state index contributed by atoms with van der Waals surface area (Å²) < 4.78 is 16.9. The van der Waals surface area contributed by atoms with Crippen LogP contribution in [0.3, 0.4) is 0 Å². The number of methoxy groups -OCH3 is 1. The summed E-state index contributed by atoms with van der Waals surface area (Å²) >= 11 is 3.39. The Morgan fingerprint density at radius 3 is 2.67 bits per heavy atom. The number of anilines is 1. The molecule has 1 saturated heterocycles. The van der Waals surface area contributed by atoms with E-state index in [9.17, 15) is 4.79 Å². The Bertz CT molecular complexity index is 764. The number of rotatable bonds is 7. The number of hydrogen-bond donors (Lipinski definition) is 1. The molecule has 8 heteroatoms. The highest BCUT2D eigenvalue weighted by Crippen LogP contribution is 2.22. The number of nitrogens with zero attached hydrogens (tertiary/aromatic N) is 2. The zero-order valence-corrected chi connectivity index (χ0v) is 16.7. The number of hydrogen-bond acceptors (Lipinski definition) is 6. The van der Waals surface area contributed by atoms with Gasteiger partial charge in [0.25, 0.3) is 5.91 Å². The number of carbonyl (C=O) groups excluding carboxylic acids is 1. The normalized spacial score (nSPS) is 13.9. The van der Waals surface area contributed by atoms with Crippen LogP contribution in [0.2, 0.25) is 0 Å². The molecule has 0 saturated carbocycles. The molecule has 2 heterocycles. The second kappa shape index (κ2) is 9.57. The molecule has 0 bridgehead atoms. The van der Waals surface area contributed by atoms with Gasteiger partial charge in [0.2, 0.25) is 0 Å². The number of halogens is 1. The molecule has 1 amide bonds. The lowest BCUT2D eigenvalue weighted by Gasteiger charge is -2.29. The number of morpholine rings is 1. The van der Waals surface area contributed by atoms with Crippen LogP contribution in [0.4, 0.5) is 5.82 Å². The van der Waals surface area contributed by atoms with Gasteiger partial charge in [0.15, 0.2) is 0 Å². The first-order valence-electron chi connectivity index (χ1n) is 8.70. The van der Waals surface area contributed by atoms with E-state index < -0.39 is 0 Å². The van der Waals surface area contributed by atoms with Crippen molar-refractivity contribution in [2.24, 2.45) is 0 Å². The van der Waals surface area contributed by atoms with Crippen LogP contribution in [0.25, 0.3) is 0 Å². The van der Waals surface area contributed by atoms with Crippen LogP contribution in [-0.4, -0.2) is 57.5 Å². The van der Waals surface area contributed by atoms with Crippen molar-refractivity contribution >= 4 is 27.7 Å². The number of aromatic nitrogens is 1. The van der Waals surface area contributed by atoms with Gasteiger partial charge in [0.05, 0.1) is 32.4 Å². The topological polar surface area (TPSA) is 72.9 Å². The first-order valence-corrected chi connectivity index (χ1v) is 9.50. The van der Waals surface area contributed by atoms with Gasteiger partial charge < -0.3 is 24.4 Å². The van der Waals surface area contributed by atoms with Gasteiger partial charge in [0.1, 0.15) is 23.9 Å². The Hall–Kier alpha value is -2.32. The van der Waals surface area contributed by atoms with E-state index in [1.807, 2.05) is 24.3 Å². The van der Waals surface area contributed by atoms with Crippen LogP contribution in [0.1, 0.15) is 10.4 Å². The highest BCUT2D eigenvalue weighted by Gasteiger charge is 2.20. The second-order valence-electron chi connectivity index (χ2n) is 5.90. The molecule has 1 aromatic carbocycles. The summed E-state index contributed by atoms with van der Waals surface area (Å²) in [4.78, 5) is 19.2. The molecule has 0 spiro atoms. The molecule has 0 atom stereocenters. The minimum absolute atomic E-state index is 0.177. The molecule has 0 aliphatic carbocycles. The average molecular weight is 436 g/mol. The molecular formula is C19H22BrN3O4. The summed E-state index contributed by atoms with van der Waals surface area (Å²) in [5, 5.41) is 2.89. The highest BCUT2D eigenvalue weighted by atomic mass is 79.9. The first-order chi connectivity index (χ1) is 13.2. The lowest BCUT2D eigenvalue weighted by Crippen LogP contribution is -2.39. The van der Waals surface area contributed by atoms with Crippen molar-refractivity contribution in [3.05, 3.63) is 46.6 Å². The third-order valence-corrected chi connectivity index (χ3v) is 4.54. The molecule has 144 valence electrons. The Balaban J connectivity index is 1.56. The smallest absolute Gasteiger partial charge is 0.255 e. The molecule has 1 aliphatic heterocycles. The van der Waals surface area contributed by atoms with Crippen LogP contribution in [0.5, 0.6) is 11.5 Å². The van der Waals surface area contributed by atoms with Crippen molar-refractivity contribution in [3.8, 4) is 11.5 Å². The van der Waals surface area contributed by atoms with Crippen LogP contribution in [0, 0.1) is 0 Å². The summed E-state index contributed by atoms with van der Waals surface area (Å²) in [6.07, 6.45) is 1.70. The van der Waals surface area contributed by atoms with E-state index in [1.54, 1.807) is 19.4 Å². The lowest BCUT2D eigenvalue weighted by molar-refractivity contribution is 0.0945. The first kappa shape index (κ1) is 19.4. The Kier molecular flexibility index (Phi) is 6.89. The summed E-state index contributed by atoms with van der Waals surface area (Å²) in [5.41, 5.74) is 0.538. The number of benzene rings is 1. The monoisotopic (exact) mass is 435 g/mol. The Labute approximate surface area is 166 Å². The number of nitrogens with one attached hydrogen (secondary N) is 1. The van der Waals surface area contributed by atoms with E-state index in [4.69, 9.17) is 14.2 Å². The van der Waals surface area contributed by atoms with Crippen molar-refractivity contribution in [1.29, 1.82) is 0 Å². The van der Waals surface area contributed by atoms with Gasteiger partial charge in [-0.15, -0.1) is 0 Å². The van der Waals surface area contributed by atoms with Crippen molar-refractivity contribution in [2.75, 3.05) is 51.5 Å². The van der Waals surface area contributed by atoms with Gasteiger partial charge in [-0.05, 0) is 46.3 Å². The zero-order valence-electron chi connectivity index (χ0n) is 15.1.